The van der Waals surface area contributed by atoms with Crippen LogP contribution in [0.3, 0.4) is 0 Å². The van der Waals surface area contributed by atoms with Gasteiger partial charge in [0.25, 0.3) is 0 Å². The summed E-state index contributed by atoms with van der Waals surface area (Å²) in [5.41, 5.74) is 0. The molecule has 3 rings (SSSR count). The van der Waals surface area contributed by atoms with Gasteiger partial charge in [-0.3, -0.25) is 19.3 Å². The van der Waals surface area contributed by atoms with E-state index >= 15 is 0 Å². The Morgan fingerprint density at radius 1 is 1.00 bits per heavy atom. The zero-order valence-electron chi connectivity index (χ0n) is 11.8. The van der Waals surface area contributed by atoms with Gasteiger partial charge in [-0.05, 0) is 25.7 Å². The van der Waals surface area contributed by atoms with Crippen molar-refractivity contribution in [2.45, 2.75) is 69.9 Å². The van der Waals surface area contributed by atoms with Crippen LogP contribution >= 0.6 is 0 Å². The second-order valence-corrected chi connectivity index (χ2v) is 6.16. The lowest BCUT2D eigenvalue weighted by Crippen LogP contribution is -2.42. The first kappa shape index (κ1) is 13.6. The molecule has 110 valence electrons. The van der Waals surface area contributed by atoms with Gasteiger partial charge in [0.15, 0.2) is 0 Å². The van der Waals surface area contributed by atoms with E-state index in [4.69, 9.17) is 0 Å². The second-order valence-electron chi connectivity index (χ2n) is 6.16. The molecule has 5 heteroatoms. The Labute approximate surface area is 119 Å². The van der Waals surface area contributed by atoms with Crippen LogP contribution in [0.15, 0.2) is 0 Å². The van der Waals surface area contributed by atoms with Crippen LogP contribution in [0.1, 0.15) is 57.8 Å². The lowest BCUT2D eigenvalue weighted by molar-refractivity contribution is -0.140. The van der Waals surface area contributed by atoms with Crippen molar-refractivity contribution in [1.82, 2.24) is 9.80 Å². The first-order chi connectivity index (χ1) is 9.66. The topological polar surface area (TPSA) is 57.7 Å². The maximum Gasteiger partial charge on any atom is 0.229 e. The Morgan fingerprint density at radius 3 is 2.10 bits per heavy atom. The number of hydrogen-bond donors (Lipinski definition) is 0. The summed E-state index contributed by atoms with van der Waals surface area (Å²) in [5.74, 6) is -0.116. The van der Waals surface area contributed by atoms with Crippen LogP contribution in [0.2, 0.25) is 0 Å². The third kappa shape index (κ3) is 2.72. The maximum atomic E-state index is 12.5. The largest absolute Gasteiger partial charge is 0.337 e. The number of hydrogen-bond acceptors (Lipinski definition) is 3. The molecular weight excluding hydrogens is 256 g/mol. The maximum absolute atomic E-state index is 12.5. The molecule has 1 saturated heterocycles. The van der Waals surface area contributed by atoms with E-state index in [9.17, 15) is 14.4 Å². The van der Waals surface area contributed by atoms with E-state index in [1.807, 2.05) is 0 Å². The molecule has 3 amide bonds. The van der Waals surface area contributed by atoms with Crippen LogP contribution in [0.5, 0.6) is 0 Å². The predicted octanol–water partition coefficient (Wildman–Crippen LogP) is 1.46. The summed E-state index contributed by atoms with van der Waals surface area (Å²) in [5, 5.41) is 0. The van der Waals surface area contributed by atoms with E-state index in [1.54, 1.807) is 0 Å². The molecule has 1 heterocycles. The molecule has 0 N–H and O–H groups in total. The molecule has 0 atom stereocenters. The van der Waals surface area contributed by atoms with Crippen LogP contribution < -0.4 is 0 Å². The van der Waals surface area contributed by atoms with Gasteiger partial charge in [0.1, 0.15) is 0 Å². The van der Waals surface area contributed by atoms with Crippen molar-refractivity contribution in [2.75, 3.05) is 6.54 Å². The van der Waals surface area contributed by atoms with Gasteiger partial charge in [-0.25, -0.2) is 0 Å². The molecular formula is C15H22N2O3. The van der Waals surface area contributed by atoms with Crippen LogP contribution in [-0.2, 0) is 14.4 Å². The number of likely N-dealkylation sites (tertiary alicyclic amines) is 1. The van der Waals surface area contributed by atoms with E-state index < -0.39 is 0 Å². The molecule has 20 heavy (non-hydrogen) atoms. The summed E-state index contributed by atoms with van der Waals surface area (Å²) in [6, 6.07) is 0.829. The number of nitrogens with zero attached hydrogens (tertiary/aromatic N) is 2. The third-order valence-corrected chi connectivity index (χ3v) is 4.65. The van der Waals surface area contributed by atoms with Crippen molar-refractivity contribution in [3.8, 4) is 0 Å². The average molecular weight is 278 g/mol. The van der Waals surface area contributed by atoms with Gasteiger partial charge in [-0.1, -0.05) is 12.8 Å². The van der Waals surface area contributed by atoms with Crippen molar-refractivity contribution in [3.63, 3.8) is 0 Å². The number of amides is 3. The highest BCUT2D eigenvalue weighted by atomic mass is 16.2. The Morgan fingerprint density at radius 2 is 1.55 bits per heavy atom. The molecule has 0 spiro atoms. The summed E-state index contributed by atoms with van der Waals surface area (Å²) < 4.78 is 0. The van der Waals surface area contributed by atoms with E-state index in [1.165, 1.54) is 17.7 Å². The van der Waals surface area contributed by atoms with Gasteiger partial charge in [0.05, 0.1) is 0 Å². The van der Waals surface area contributed by atoms with Crippen molar-refractivity contribution in [2.24, 2.45) is 0 Å². The van der Waals surface area contributed by atoms with Crippen molar-refractivity contribution >= 4 is 17.7 Å². The normalized spacial score (nSPS) is 23.7. The molecule has 1 aliphatic heterocycles. The minimum atomic E-state index is -0.123. The Hall–Kier alpha value is -1.39. The monoisotopic (exact) mass is 278 g/mol. The van der Waals surface area contributed by atoms with Crippen LogP contribution in [-0.4, -0.2) is 46.1 Å². The molecule has 3 fully saturated rings. The van der Waals surface area contributed by atoms with E-state index in [0.717, 1.165) is 25.7 Å². The molecule has 0 unspecified atom stereocenters. The molecule has 5 nitrogen and oxygen atoms in total. The Balaban J connectivity index is 1.56. The van der Waals surface area contributed by atoms with Gasteiger partial charge >= 0.3 is 0 Å². The van der Waals surface area contributed by atoms with Gasteiger partial charge < -0.3 is 4.90 Å². The van der Waals surface area contributed by atoms with Crippen molar-refractivity contribution in [3.05, 3.63) is 0 Å². The Bertz CT molecular complexity index is 409. The lowest BCUT2D eigenvalue weighted by Gasteiger charge is -2.29. The first-order valence-corrected chi connectivity index (χ1v) is 7.81. The quantitative estimate of drug-likeness (QED) is 0.715. The van der Waals surface area contributed by atoms with Crippen molar-refractivity contribution < 1.29 is 14.4 Å². The summed E-state index contributed by atoms with van der Waals surface area (Å²) in [4.78, 5) is 38.9. The smallest absolute Gasteiger partial charge is 0.229 e. The zero-order chi connectivity index (χ0) is 14.1. The number of rotatable bonds is 5. The summed E-state index contributed by atoms with van der Waals surface area (Å²) in [6.45, 7) is 0.270. The fourth-order valence-electron chi connectivity index (χ4n) is 3.45. The molecule has 3 aliphatic rings. The van der Waals surface area contributed by atoms with Gasteiger partial charge in [0, 0.05) is 37.9 Å². The van der Waals surface area contributed by atoms with Gasteiger partial charge in [-0.15, -0.1) is 0 Å². The summed E-state index contributed by atoms with van der Waals surface area (Å²) in [7, 11) is 0. The highest BCUT2D eigenvalue weighted by Gasteiger charge is 2.38. The minimum Gasteiger partial charge on any atom is -0.337 e. The predicted molar refractivity (Wildman–Crippen MR) is 72.7 cm³/mol. The highest BCUT2D eigenvalue weighted by Crippen LogP contribution is 2.34. The van der Waals surface area contributed by atoms with Crippen LogP contribution in [0, 0.1) is 0 Å². The van der Waals surface area contributed by atoms with Crippen molar-refractivity contribution in [1.29, 1.82) is 0 Å². The molecule has 0 radical (unpaired) electrons. The van der Waals surface area contributed by atoms with Gasteiger partial charge in [-0.2, -0.15) is 0 Å². The molecule has 0 bridgehead atoms. The second kappa shape index (κ2) is 5.54. The van der Waals surface area contributed by atoms with Gasteiger partial charge in [0.2, 0.25) is 17.7 Å². The Kier molecular flexibility index (Phi) is 3.76. The number of carbonyl (C=O) groups excluding carboxylic acids is 3. The molecule has 0 aromatic heterocycles. The minimum absolute atomic E-state index is 0.123. The summed E-state index contributed by atoms with van der Waals surface area (Å²) in [6.07, 6.45) is 7.80. The third-order valence-electron chi connectivity index (χ3n) is 4.65. The molecule has 0 aromatic carbocycles. The highest BCUT2D eigenvalue weighted by molar-refractivity contribution is 6.02. The molecule has 0 aromatic rings. The fourth-order valence-corrected chi connectivity index (χ4v) is 3.45. The van der Waals surface area contributed by atoms with Crippen LogP contribution in [0.25, 0.3) is 0 Å². The molecule has 2 aliphatic carbocycles. The molecule has 2 saturated carbocycles. The lowest BCUT2D eigenvalue weighted by atomic mass is 10.2. The fraction of sp³-hybridized carbons (Fsp3) is 0.800. The zero-order valence-corrected chi connectivity index (χ0v) is 11.8. The van der Waals surface area contributed by atoms with E-state index in [0.29, 0.717) is 31.3 Å². The van der Waals surface area contributed by atoms with E-state index in [2.05, 4.69) is 4.90 Å². The summed E-state index contributed by atoms with van der Waals surface area (Å²) >= 11 is 0. The first-order valence-electron chi connectivity index (χ1n) is 7.81. The number of carbonyl (C=O) groups is 3. The van der Waals surface area contributed by atoms with Crippen LogP contribution in [0.4, 0.5) is 0 Å². The SMILES string of the molecule is O=C1CCC(=O)N1CCC(=O)N(C1CCCC1)C1CC1. The van der Waals surface area contributed by atoms with E-state index in [-0.39, 0.29) is 24.3 Å². The standard InChI is InChI=1S/C15H22N2O3/c18-13-7-8-14(19)16(13)10-9-15(20)17(12-5-6-12)11-3-1-2-4-11/h11-12H,1-10H2. The number of imide groups is 1. The average Bonchev–Trinajstić information content (AvgIpc) is 3.00.